The van der Waals surface area contributed by atoms with Crippen molar-refractivity contribution in [1.29, 1.82) is 0 Å². The third kappa shape index (κ3) is 6.23. The lowest BCUT2D eigenvalue weighted by atomic mass is 10.1. The first-order chi connectivity index (χ1) is 18.6. The summed E-state index contributed by atoms with van der Waals surface area (Å²) >= 11 is 12.6. The average molecular weight is 571 g/mol. The number of aliphatic imine (C=N–C) groups is 1. The third-order valence-electron chi connectivity index (χ3n) is 7.07. The molecule has 8 nitrogen and oxygen atoms in total. The molecule has 2 heterocycles. The molecule has 1 aliphatic rings. The van der Waals surface area contributed by atoms with E-state index in [1.54, 1.807) is 33.2 Å². The molecular weight excluding hydrogens is 537 g/mol. The Hall–Kier alpha value is -3.49. The monoisotopic (exact) mass is 569 g/mol. The average Bonchev–Trinajstić information content (AvgIpc) is 2.95. The van der Waals surface area contributed by atoms with Crippen molar-refractivity contribution >= 4 is 40.5 Å². The van der Waals surface area contributed by atoms with E-state index in [1.807, 2.05) is 25.1 Å². The summed E-state index contributed by atoms with van der Waals surface area (Å²) in [4.78, 5) is 34.9. The fourth-order valence-corrected chi connectivity index (χ4v) is 5.08. The van der Waals surface area contributed by atoms with E-state index in [9.17, 15) is 9.59 Å². The standard InChI is InChI=1S/C29H33Cl2N5O3/c1-19(6-7-21-18-22(30)8-13-25(21)31)26(32-27-20(2)28(37)34(4)29(38)33(27)3)36-16-14-35(15-17-36)23-9-11-24(39-5)12-10-23/h6,8-13,18H,7,14-17H2,1-5H3/b19-6-,32-26?. The van der Waals surface area contributed by atoms with E-state index in [1.165, 1.54) is 11.6 Å². The van der Waals surface area contributed by atoms with Crippen LogP contribution in [-0.2, 0) is 20.5 Å². The Morgan fingerprint density at radius 1 is 1.00 bits per heavy atom. The number of amidine groups is 1. The van der Waals surface area contributed by atoms with Gasteiger partial charge in [0.1, 0.15) is 17.4 Å². The number of methoxy groups -OCH3 is 1. The van der Waals surface area contributed by atoms with Crippen LogP contribution in [0.4, 0.5) is 11.5 Å². The van der Waals surface area contributed by atoms with Crippen LogP contribution in [0.1, 0.15) is 18.1 Å². The number of benzene rings is 2. The second-order valence-electron chi connectivity index (χ2n) is 9.59. The van der Waals surface area contributed by atoms with Gasteiger partial charge in [0, 0.05) is 56.0 Å². The van der Waals surface area contributed by atoms with E-state index in [4.69, 9.17) is 32.9 Å². The topological polar surface area (TPSA) is 72.1 Å². The smallest absolute Gasteiger partial charge is 0.332 e. The molecule has 1 fully saturated rings. The number of hydrogen-bond donors (Lipinski definition) is 0. The molecule has 1 saturated heterocycles. The van der Waals surface area contributed by atoms with Gasteiger partial charge in [-0.1, -0.05) is 29.3 Å². The first-order valence-electron chi connectivity index (χ1n) is 12.7. The van der Waals surface area contributed by atoms with E-state index >= 15 is 0 Å². The van der Waals surface area contributed by atoms with Gasteiger partial charge in [-0.2, -0.15) is 0 Å². The molecule has 0 radical (unpaired) electrons. The lowest BCUT2D eigenvalue weighted by molar-refractivity contribution is 0.385. The van der Waals surface area contributed by atoms with Gasteiger partial charge in [-0.3, -0.25) is 13.9 Å². The molecule has 2 aromatic carbocycles. The molecule has 4 rings (SSSR count). The lowest BCUT2D eigenvalue weighted by Crippen LogP contribution is -2.49. The van der Waals surface area contributed by atoms with Gasteiger partial charge in [-0.25, -0.2) is 9.79 Å². The van der Waals surface area contributed by atoms with Crippen molar-refractivity contribution in [2.75, 3.05) is 38.2 Å². The summed E-state index contributed by atoms with van der Waals surface area (Å²) in [6.07, 6.45) is 2.62. The number of hydrogen-bond acceptors (Lipinski definition) is 5. The number of halogens is 2. The highest BCUT2D eigenvalue weighted by molar-refractivity contribution is 6.33. The maximum atomic E-state index is 12.7. The number of allylic oxidation sites excluding steroid dienone is 1. The van der Waals surface area contributed by atoms with Crippen LogP contribution in [0.15, 0.2) is 68.7 Å². The molecule has 0 spiro atoms. The fraction of sp³-hybridized carbons (Fsp3) is 0.345. The predicted molar refractivity (Wildman–Crippen MR) is 159 cm³/mol. The Kier molecular flexibility index (Phi) is 8.87. The molecule has 1 aliphatic heterocycles. The number of anilines is 1. The van der Waals surface area contributed by atoms with Crippen LogP contribution < -0.4 is 20.9 Å². The zero-order valence-electron chi connectivity index (χ0n) is 22.9. The maximum Gasteiger partial charge on any atom is 0.332 e. The molecule has 39 heavy (non-hydrogen) atoms. The van der Waals surface area contributed by atoms with Gasteiger partial charge < -0.3 is 14.5 Å². The number of nitrogens with zero attached hydrogens (tertiary/aromatic N) is 5. The SMILES string of the molecule is COc1ccc(N2CCN(C(=Nc3c(C)c(=O)n(C)c(=O)n3C)/C(C)=C\Cc3cc(Cl)ccc3Cl)CC2)cc1. The van der Waals surface area contributed by atoms with Crippen LogP contribution in [0.2, 0.25) is 10.0 Å². The molecule has 206 valence electrons. The highest BCUT2D eigenvalue weighted by Crippen LogP contribution is 2.24. The summed E-state index contributed by atoms with van der Waals surface area (Å²) in [6, 6.07) is 13.4. The van der Waals surface area contributed by atoms with Crippen LogP contribution in [0.5, 0.6) is 5.75 Å². The number of piperazine rings is 1. The number of aromatic nitrogens is 2. The minimum Gasteiger partial charge on any atom is -0.497 e. The summed E-state index contributed by atoms with van der Waals surface area (Å²) in [5, 5.41) is 1.26. The van der Waals surface area contributed by atoms with E-state index in [-0.39, 0.29) is 5.56 Å². The molecule has 0 bridgehead atoms. The fourth-order valence-electron chi connectivity index (χ4n) is 4.69. The quantitative estimate of drug-likeness (QED) is 0.316. The van der Waals surface area contributed by atoms with Crippen LogP contribution in [0, 0.1) is 6.92 Å². The molecule has 10 heteroatoms. The van der Waals surface area contributed by atoms with Gasteiger partial charge in [-0.05, 0) is 73.9 Å². The van der Waals surface area contributed by atoms with Gasteiger partial charge in [-0.15, -0.1) is 0 Å². The van der Waals surface area contributed by atoms with Gasteiger partial charge in [0.05, 0.1) is 12.7 Å². The minimum absolute atomic E-state index is 0.351. The summed E-state index contributed by atoms with van der Waals surface area (Å²) in [5.41, 5.74) is 2.59. The Morgan fingerprint density at radius 2 is 1.67 bits per heavy atom. The van der Waals surface area contributed by atoms with Crippen molar-refractivity contribution in [2.24, 2.45) is 19.1 Å². The molecule has 1 aromatic heterocycles. The summed E-state index contributed by atoms with van der Waals surface area (Å²) < 4.78 is 7.81. The Bertz CT molecular complexity index is 1490. The zero-order chi connectivity index (χ0) is 28.3. The summed E-state index contributed by atoms with van der Waals surface area (Å²) in [5.74, 6) is 1.89. The van der Waals surface area contributed by atoms with E-state index in [0.717, 1.165) is 40.2 Å². The second kappa shape index (κ2) is 12.1. The van der Waals surface area contributed by atoms with E-state index < -0.39 is 5.69 Å². The van der Waals surface area contributed by atoms with Crippen LogP contribution >= 0.6 is 23.2 Å². The Labute approximate surface area is 238 Å². The highest BCUT2D eigenvalue weighted by Gasteiger charge is 2.23. The van der Waals surface area contributed by atoms with Gasteiger partial charge >= 0.3 is 5.69 Å². The van der Waals surface area contributed by atoms with Crippen LogP contribution in [0.3, 0.4) is 0 Å². The van der Waals surface area contributed by atoms with Crippen molar-refractivity contribution in [1.82, 2.24) is 14.0 Å². The highest BCUT2D eigenvalue weighted by atomic mass is 35.5. The first kappa shape index (κ1) is 28.5. The Balaban J connectivity index is 1.69. The van der Waals surface area contributed by atoms with Crippen molar-refractivity contribution in [3.05, 3.63) is 96.1 Å². The molecule has 0 N–H and O–H groups in total. The normalized spacial score (nSPS) is 14.6. The van der Waals surface area contributed by atoms with Crippen LogP contribution in [0.25, 0.3) is 0 Å². The lowest BCUT2D eigenvalue weighted by Gasteiger charge is -2.38. The molecular formula is C29H33Cl2N5O3. The van der Waals surface area contributed by atoms with Crippen molar-refractivity contribution in [3.63, 3.8) is 0 Å². The second-order valence-corrected chi connectivity index (χ2v) is 10.4. The van der Waals surface area contributed by atoms with Crippen LogP contribution in [-0.4, -0.2) is 53.2 Å². The van der Waals surface area contributed by atoms with E-state index in [0.29, 0.717) is 46.8 Å². The summed E-state index contributed by atoms with van der Waals surface area (Å²) in [6.45, 7) is 6.68. The zero-order valence-corrected chi connectivity index (χ0v) is 24.4. The first-order valence-corrected chi connectivity index (χ1v) is 13.5. The Morgan fingerprint density at radius 3 is 2.31 bits per heavy atom. The maximum absolute atomic E-state index is 12.7. The number of rotatable bonds is 6. The minimum atomic E-state index is -0.416. The molecule has 0 amide bonds. The largest absolute Gasteiger partial charge is 0.497 e. The third-order valence-corrected chi connectivity index (χ3v) is 7.67. The summed E-state index contributed by atoms with van der Waals surface area (Å²) in [7, 11) is 4.77. The van der Waals surface area contributed by atoms with Gasteiger partial charge in [0.2, 0.25) is 0 Å². The van der Waals surface area contributed by atoms with Crippen molar-refractivity contribution in [2.45, 2.75) is 20.3 Å². The van der Waals surface area contributed by atoms with Gasteiger partial charge in [0.15, 0.2) is 0 Å². The molecule has 0 aliphatic carbocycles. The van der Waals surface area contributed by atoms with Gasteiger partial charge in [0.25, 0.3) is 5.56 Å². The molecule has 0 saturated carbocycles. The van der Waals surface area contributed by atoms with Crippen molar-refractivity contribution in [3.8, 4) is 5.75 Å². The molecule has 0 atom stereocenters. The molecule has 3 aromatic rings. The molecule has 0 unspecified atom stereocenters. The van der Waals surface area contributed by atoms with Crippen molar-refractivity contribution < 1.29 is 4.74 Å². The van der Waals surface area contributed by atoms with E-state index in [2.05, 4.69) is 28.0 Å². The predicted octanol–water partition coefficient (Wildman–Crippen LogP) is 4.75. The number of ether oxygens (including phenoxy) is 1.